The number of esters is 1. The van der Waals surface area contributed by atoms with E-state index in [0.717, 1.165) is 44.9 Å². The van der Waals surface area contributed by atoms with Gasteiger partial charge in [0.05, 0.1) is 12.0 Å². The molecule has 0 heterocycles. The maximum Gasteiger partial charge on any atom is 0.312 e. The maximum absolute atomic E-state index is 12.7. The van der Waals surface area contributed by atoms with E-state index in [0.29, 0.717) is 6.61 Å². The van der Waals surface area contributed by atoms with Crippen molar-refractivity contribution in [1.82, 2.24) is 0 Å². The van der Waals surface area contributed by atoms with Gasteiger partial charge in [-0.2, -0.15) is 0 Å². The minimum atomic E-state index is -0.216. The van der Waals surface area contributed by atoms with Crippen LogP contribution in [0.15, 0.2) is 0 Å². The first-order valence-corrected chi connectivity index (χ1v) is 10.8. The highest BCUT2D eigenvalue weighted by Crippen LogP contribution is 2.36. The fraction of sp³-hybridized carbons (Fsp3) is 0.955. The number of unbranched alkanes of at least 4 members (excludes halogenated alkanes) is 9. The summed E-state index contributed by atoms with van der Waals surface area (Å²) in [6.07, 6.45) is 17.6. The van der Waals surface area contributed by atoms with E-state index in [4.69, 9.17) is 4.74 Å². The molecule has 0 N–H and O–H groups in total. The third-order valence-corrected chi connectivity index (χ3v) is 5.36. The minimum Gasteiger partial charge on any atom is -0.465 e. The number of ether oxygens (including phenoxy) is 1. The van der Waals surface area contributed by atoms with Crippen molar-refractivity contribution in [2.45, 2.75) is 124 Å². The Balaban J connectivity index is 4.18. The number of carbonyl (C=O) groups excluding carboxylic acids is 1. The summed E-state index contributed by atoms with van der Waals surface area (Å²) >= 11 is 0. The van der Waals surface area contributed by atoms with Crippen LogP contribution in [0.1, 0.15) is 124 Å². The van der Waals surface area contributed by atoms with Crippen molar-refractivity contribution in [2.24, 2.45) is 5.41 Å². The predicted molar refractivity (Wildman–Crippen MR) is 105 cm³/mol. The summed E-state index contributed by atoms with van der Waals surface area (Å²) in [5.41, 5.74) is -0.216. The summed E-state index contributed by atoms with van der Waals surface area (Å²) in [4.78, 5) is 12.7. The van der Waals surface area contributed by atoms with Crippen molar-refractivity contribution < 1.29 is 9.53 Å². The zero-order chi connectivity index (χ0) is 18.1. The minimum absolute atomic E-state index is 0.0838. The van der Waals surface area contributed by atoms with Crippen LogP contribution in [0, 0.1) is 5.41 Å². The second kappa shape index (κ2) is 16.0. The molecule has 2 heteroatoms. The van der Waals surface area contributed by atoms with E-state index >= 15 is 0 Å². The van der Waals surface area contributed by atoms with Crippen LogP contribution in [0.3, 0.4) is 0 Å². The molecule has 0 rings (SSSR count). The molecule has 0 amide bonds. The van der Waals surface area contributed by atoms with E-state index < -0.39 is 0 Å². The molecule has 0 aromatic rings. The third kappa shape index (κ3) is 10.4. The van der Waals surface area contributed by atoms with Gasteiger partial charge in [-0.15, -0.1) is 0 Å². The molecule has 0 bridgehead atoms. The quantitative estimate of drug-likeness (QED) is 0.203. The molecule has 24 heavy (non-hydrogen) atoms. The summed E-state index contributed by atoms with van der Waals surface area (Å²) < 4.78 is 5.71. The van der Waals surface area contributed by atoms with Crippen molar-refractivity contribution >= 4 is 5.97 Å². The Bertz CT molecular complexity index is 288. The van der Waals surface area contributed by atoms with Gasteiger partial charge < -0.3 is 4.74 Å². The van der Waals surface area contributed by atoms with Gasteiger partial charge in [0.25, 0.3) is 0 Å². The van der Waals surface area contributed by atoms with Crippen LogP contribution in [-0.2, 0) is 9.53 Å². The Morgan fingerprint density at radius 1 is 0.667 bits per heavy atom. The van der Waals surface area contributed by atoms with E-state index in [9.17, 15) is 4.79 Å². The highest BCUT2D eigenvalue weighted by molar-refractivity contribution is 5.76. The van der Waals surface area contributed by atoms with Gasteiger partial charge in [-0.05, 0) is 25.7 Å². The Labute approximate surface area is 152 Å². The first-order valence-electron chi connectivity index (χ1n) is 10.8. The van der Waals surface area contributed by atoms with E-state index in [-0.39, 0.29) is 11.4 Å². The van der Waals surface area contributed by atoms with Crippen LogP contribution >= 0.6 is 0 Å². The Kier molecular flexibility index (Phi) is 15.6. The molecule has 0 aliphatic carbocycles. The van der Waals surface area contributed by atoms with E-state index in [1.54, 1.807) is 0 Å². The third-order valence-electron chi connectivity index (χ3n) is 5.36. The fourth-order valence-corrected chi connectivity index (χ4v) is 3.43. The van der Waals surface area contributed by atoms with Crippen molar-refractivity contribution in [3.05, 3.63) is 0 Å². The van der Waals surface area contributed by atoms with Gasteiger partial charge in [-0.3, -0.25) is 4.79 Å². The monoisotopic (exact) mass is 340 g/mol. The van der Waals surface area contributed by atoms with Gasteiger partial charge in [0.15, 0.2) is 0 Å². The lowest BCUT2D eigenvalue weighted by Crippen LogP contribution is -2.33. The van der Waals surface area contributed by atoms with Gasteiger partial charge in [0.2, 0.25) is 0 Å². The van der Waals surface area contributed by atoms with Crippen LogP contribution in [0.5, 0.6) is 0 Å². The lowest BCUT2D eigenvalue weighted by molar-refractivity contribution is -0.157. The zero-order valence-corrected chi connectivity index (χ0v) is 17.1. The molecule has 0 fully saturated rings. The molecular formula is C22H44O2. The SMILES string of the molecule is CCCCCCCCCOC(=O)C(CC)(CCCC)CCCCC. The molecular weight excluding hydrogens is 296 g/mol. The maximum atomic E-state index is 12.7. The Hall–Kier alpha value is -0.530. The molecule has 0 aliphatic heterocycles. The van der Waals surface area contributed by atoms with E-state index in [1.165, 1.54) is 51.4 Å². The highest BCUT2D eigenvalue weighted by atomic mass is 16.5. The van der Waals surface area contributed by atoms with E-state index in [1.807, 2.05) is 0 Å². The lowest BCUT2D eigenvalue weighted by atomic mass is 9.76. The Morgan fingerprint density at radius 3 is 1.75 bits per heavy atom. The summed E-state index contributed by atoms with van der Waals surface area (Å²) in [7, 11) is 0. The number of hydrogen-bond donors (Lipinski definition) is 0. The van der Waals surface area contributed by atoms with Gasteiger partial charge in [0, 0.05) is 0 Å². The average Bonchev–Trinajstić information content (AvgIpc) is 2.60. The molecule has 0 saturated carbocycles. The van der Waals surface area contributed by atoms with E-state index in [2.05, 4.69) is 27.7 Å². The predicted octanol–water partition coefficient (Wildman–Crippen LogP) is 7.45. The van der Waals surface area contributed by atoms with Gasteiger partial charge >= 0.3 is 5.97 Å². The average molecular weight is 341 g/mol. The highest BCUT2D eigenvalue weighted by Gasteiger charge is 2.36. The number of rotatable bonds is 17. The van der Waals surface area contributed by atoms with Crippen LogP contribution in [-0.4, -0.2) is 12.6 Å². The summed E-state index contributed by atoms with van der Waals surface area (Å²) in [6.45, 7) is 9.46. The largest absolute Gasteiger partial charge is 0.465 e. The molecule has 144 valence electrons. The molecule has 0 aromatic carbocycles. The molecule has 0 spiro atoms. The van der Waals surface area contributed by atoms with Gasteiger partial charge in [0.1, 0.15) is 0 Å². The normalized spacial score (nSPS) is 13.7. The van der Waals surface area contributed by atoms with Crippen molar-refractivity contribution in [3.8, 4) is 0 Å². The molecule has 0 radical (unpaired) electrons. The topological polar surface area (TPSA) is 26.3 Å². The Morgan fingerprint density at radius 2 is 1.17 bits per heavy atom. The van der Waals surface area contributed by atoms with Gasteiger partial charge in [-0.1, -0.05) is 98.3 Å². The number of hydrogen-bond acceptors (Lipinski definition) is 2. The standard InChI is InChI=1S/C22H44O2/c1-5-9-12-13-14-15-17-20-24-21(23)22(8-4,18-11-7-3)19-16-10-6-2/h5-20H2,1-4H3. The van der Waals surface area contributed by atoms with Crippen molar-refractivity contribution in [1.29, 1.82) is 0 Å². The van der Waals surface area contributed by atoms with Crippen LogP contribution in [0.2, 0.25) is 0 Å². The van der Waals surface area contributed by atoms with Crippen LogP contribution in [0.25, 0.3) is 0 Å². The molecule has 2 nitrogen and oxygen atoms in total. The first-order chi connectivity index (χ1) is 11.7. The molecule has 1 atom stereocenters. The van der Waals surface area contributed by atoms with Crippen LogP contribution < -0.4 is 0 Å². The second-order valence-electron chi connectivity index (χ2n) is 7.45. The zero-order valence-electron chi connectivity index (χ0n) is 17.1. The van der Waals surface area contributed by atoms with Crippen molar-refractivity contribution in [2.75, 3.05) is 6.61 Å². The fourth-order valence-electron chi connectivity index (χ4n) is 3.43. The first kappa shape index (κ1) is 23.5. The smallest absolute Gasteiger partial charge is 0.312 e. The number of carbonyl (C=O) groups is 1. The molecule has 1 unspecified atom stereocenters. The molecule has 0 aliphatic rings. The molecule has 0 aromatic heterocycles. The van der Waals surface area contributed by atoms with Gasteiger partial charge in [-0.25, -0.2) is 0 Å². The molecule has 0 saturated heterocycles. The summed E-state index contributed by atoms with van der Waals surface area (Å²) in [6, 6.07) is 0. The summed E-state index contributed by atoms with van der Waals surface area (Å²) in [5.74, 6) is 0.0838. The lowest BCUT2D eigenvalue weighted by Gasteiger charge is -2.30. The summed E-state index contributed by atoms with van der Waals surface area (Å²) in [5, 5.41) is 0. The van der Waals surface area contributed by atoms with Crippen LogP contribution in [0.4, 0.5) is 0 Å². The second-order valence-corrected chi connectivity index (χ2v) is 7.45. The van der Waals surface area contributed by atoms with Crippen molar-refractivity contribution in [3.63, 3.8) is 0 Å².